The molecule has 2 heterocycles. The topological polar surface area (TPSA) is 95.3 Å². The number of rotatable bonds is 7. The number of nitrogens with zero attached hydrogens (tertiary/aromatic N) is 3. The highest BCUT2D eigenvalue weighted by molar-refractivity contribution is 5.56. The van der Waals surface area contributed by atoms with Gasteiger partial charge < -0.3 is 10.4 Å². The minimum Gasteiger partial charge on any atom is -0.508 e. The van der Waals surface area contributed by atoms with E-state index in [4.69, 9.17) is 0 Å². The number of phenols is 1. The lowest BCUT2D eigenvalue weighted by atomic mass is 10.1. The summed E-state index contributed by atoms with van der Waals surface area (Å²) in [6.45, 7) is 14.6. The Morgan fingerprint density at radius 1 is 1.25 bits per heavy atom. The average Bonchev–Trinajstić information content (AvgIpc) is 3.22. The number of fused-ring (bicyclic) bond motifs is 1. The molecule has 0 aliphatic carbocycles. The maximum Gasteiger partial charge on any atom is 0.274 e. The van der Waals surface area contributed by atoms with E-state index in [9.17, 15) is 9.90 Å². The summed E-state index contributed by atoms with van der Waals surface area (Å²) >= 11 is 0. The monoisotopic (exact) mass is 441 g/mol. The van der Waals surface area contributed by atoms with Crippen LogP contribution in [0.1, 0.15) is 83.8 Å². The summed E-state index contributed by atoms with van der Waals surface area (Å²) in [6.07, 6.45) is 7.40. The Kier molecular flexibility index (Phi) is 11.8. The van der Waals surface area contributed by atoms with Crippen molar-refractivity contribution in [2.45, 2.75) is 80.2 Å². The van der Waals surface area contributed by atoms with Gasteiger partial charge in [0, 0.05) is 23.2 Å². The highest BCUT2D eigenvalue weighted by atomic mass is 16.3. The third-order valence-electron chi connectivity index (χ3n) is 4.83. The number of aromatic hydroxyl groups is 1. The van der Waals surface area contributed by atoms with Crippen molar-refractivity contribution in [3.63, 3.8) is 0 Å². The van der Waals surface area contributed by atoms with Crippen LogP contribution in [0.15, 0.2) is 41.2 Å². The molecule has 3 aromatic rings. The quantitative estimate of drug-likeness (QED) is 0.394. The maximum absolute atomic E-state index is 12.3. The van der Waals surface area contributed by atoms with Gasteiger partial charge in [0.05, 0.1) is 12.2 Å². The number of H-pyrrole nitrogens is 1. The van der Waals surface area contributed by atoms with Gasteiger partial charge in [0.1, 0.15) is 11.6 Å². The Labute approximate surface area is 191 Å². The highest BCUT2D eigenvalue weighted by Crippen LogP contribution is 2.24. The SMILES string of the molecule is C/C=C\CC.CC.CCCC(C)c1nc2nc(CNc3cccc(O)c3C)cc(=O)n2[nH]1. The number of hydrogen-bond donors (Lipinski definition) is 3. The number of aromatic nitrogens is 4. The van der Waals surface area contributed by atoms with Crippen LogP contribution in [-0.2, 0) is 6.54 Å². The summed E-state index contributed by atoms with van der Waals surface area (Å²) in [6, 6.07) is 6.77. The van der Waals surface area contributed by atoms with E-state index in [0.717, 1.165) is 36.3 Å². The fourth-order valence-corrected chi connectivity index (χ4v) is 3.06. The zero-order chi connectivity index (χ0) is 24.1. The van der Waals surface area contributed by atoms with Gasteiger partial charge in [-0.15, -0.1) is 0 Å². The molecule has 0 aliphatic heterocycles. The molecule has 0 spiro atoms. The highest BCUT2D eigenvalue weighted by Gasteiger charge is 2.13. The van der Waals surface area contributed by atoms with Crippen LogP contribution in [0.25, 0.3) is 5.78 Å². The summed E-state index contributed by atoms with van der Waals surface area (Å²) < 4.78 is 1.38. The Morgan fingerprint density at radius 2 is 1.97 bits per heavy atom. The average molecular weight is 442 g/mol. The van der Waals surface area contributed by atoms with Crippen LogP contribution in [0, 0.1) is 6.92 Å². The lowest BCUT2D eigenvalue weighted by Gasteiger charge is -2.10. The van der Waals surface area contributed by atoms with Gasteiger partial charge in [-0.1, -0.05) is 59.3 Å². The number of phenolic OH excluding ortho intramolecular Hbond substituents is 1. The summed E-state index contributed by atoms with van der Waals surface area (Å²) in [5.74, 6) is 1.65. The molecular formula is C25H39N5O2. The molecule has 3 rings (SSSR count). The molecule has 2 aromatic heterocycles. The van der Waals surface area contributed by atoms with Crippen LogP contribution in [0.5, 0.6) is 5.75 Å². The van der Waals surface area contributed by atoms with E-state index < -0.39 is 0 Å². The predicted octanol–water partition coefficient (Wildman–Crippen LogP) is 5.95. The summed E-state index contributed by atoms with van der Waals surface area (Å²) in [5.41, 5.74) is 1.99. The van der Waals surface area contributed by atoms with Gasteiger partial charge in [0.25, 0.3) is 11.3 Å². The van der Waals surface area contributed by atoms with Crippen molar-refractivity contribution in [1.82, 2.24) is 19.6 Å². The van der Waals surface area contributed by atoms with Crippen LogP contribution in [0.3, 0.4) is 0 Å². The molecular weight excluding hydrogens is 402 g/mol. The van der Waals surface area contributed by atoms with Crippen molar-refractivity contribution in [3.8, 4) is 5.75 Å². The first-order valence-corrected chi connectivity index (χ1v) is 11.5. The van der Waals surface area contributed by atoms with Crippen molar-refractivity contribution < 1.29 is 5.11 Å². The Bertz CT molecular complexity index is 1040. The van der Waals surface area contributed by atoms with Crippen LogP contribution in [0.4, 0.5) is 5.69 Å². The molecule has 0 saturated heterocycles. The fourth-order valence-electron chi connectivity index (χ4n) is 3.06. The van der Waals surface area contributed by atoms with E-state index in [0.29, 0.717) is 18.0 Å². The minimum atomic E-state index is -0.183. The van der Waals surface area contributed by atoms with E-state index in [1.807, 2.05) is 33.8 Å². The molecule has 3 N–H and O–H groups in total. The van der Waals surface area contributed by atoms with Crippen LogP contribution in [0.2, 0.25) is 0 Å². The fraction of sp³-hybridized carbons (Fsp3) is 0.480. The molecule has 0 radical (unpaired) electrons. The third-order valence-corrected chi connectivity index (χ3v) is 4.83. The van der Waals surface area contributed by atoms with Gasteiger partial charge in [0.2, 0.25) is 0 Å². The van der Waals surface area contributed by atoms with Gasteiger partial charge in [-0.2, -0.15) is 9.50 Å². The normalized spacial score (nSPS) is 11.5. The molecule has 0 fully saturated rings. The van der Waals surface area contributed by atoms with Crippen LogP contribution < -0.4 is 10.9 Å². The molecule has 32 heavy (non-hydrogen) atoms. The summed E-state index contributed by atoms with van der Waals surface area (Å²) in [7, 11) is 0. The molecule has 1 unspecified atom stereocenters. The van der Waals surface area contributed by atoms with Gasteiger partial charge >= 0.3 is 0 Å². The molecule has 7 heteroatoms. The Hall–Kier alpha value is -3.09. The number of allylic oxidation sites excluding steroid dienone is 2. The molecule has 176 valence electrons. The molecule has 0 aliphatic rings. The molecule has 7 nitrogen and oxygen atoms in total. The van der Waals surface area contributed by atoms with E-state index in [-0.39, 0.29) is 17.2 Å². The second kappa shape index (κ2) is 14.1. The van der Waals surface area contributed by atoms with Crippen LogP contribution >= 0.6 is 0 Å². The van der Waals surface area contributed by atoms with Crippen molar-refractivity contribution in [2.75, 3.05) is 5.32 Å². The summed E-state index contributed by atoms with van der Waals surface area (Å²) in [4.78, 5) is 21.2. The third kappa shape index (κ3) is 7.55. The first-order chi connectivity index (χ1) is 15.4. The molecule has 0 amide bonds. The van der Waals surface area contributed by atoms with Crippen molar-refractivity contribution in [3.05, 3.63) is 63.9 Å². The number of benzene rings is 1. The largest absolute Gasteiger partial charge is 0.508 e. The Morgan fingerprint density at radius 3 is 2.56 bits per heavy atom. The maximum atomic E-state index is 12.3. The number of nitrogens with one attached hydrogen (secondary N) is 2. The van der Waals surface area contributed by atoms with Gasteiger partial charge in [0.15, 0.2) is 0 Å². The van der Waals surface area contributed by atoms with Crippen molar-refractivity contribution in [2.24, 2.45) is 0 Å². The van der Waals surface area contributed by atoms with Gasteiger partial charge in [-0.05, 0) is 38.8 Å². The minimum absolute atomic E-state index is 0.183. The van der Waals surface area contributed by atoms with E-state index in [1.54, 1.807) is 12.1 Å². The second-order valence-corrected chi connectivity index (χ2v) is 7.30. The van der Waals surface area contributed by atoms with Crippen molar-refractivity contribution in [1.29, 1.82) is 0 Å². The molecule has 1 atom stereocenters. The first kappa shape index (κ1) is 26.9. The lowest BCUT2D eigenvalue weighted by Crippen LogP contribution is -2.17. The Balaban J connectivity index is 0.000000646. The van der Waals surface area contributed by atoms with Crippen molar-refractivity contribution >= 4 is 11.5 Å². The van der Waals surface area contributed by atoms with E-state index in [2.05, 4.69) is 53.3 Å². The van der Waals surface area contributed by atoms with Crippen LogP contribution in [-0.4, -0.2) is 24.7 Å². The smallest absolute Gasteiger partial charge is 0.274 e. The van der Waals surface area contributed by atoms with E-state index in [1.165, 1.54) is 10.6 Å². The second-order valence-electron chi connectivity index (χ2n) is 7.30. The standard InChI is InChI=1S/C18H23N5O2.C5H10.C2H6/c1-4-6-11(2)17-21-18-20-13(9-16(25)23(18)22-17)10-19-14-7-5-8-15(24)12(14)3;1-3-5-4-2;1-2/h5,7-9,11,19,24H,4,6,10H2,1-3H3,(H,20,21,22);3,5H,4H2,1-2H3;1-2H3/b;5-3-;. The number of anilines is 1. The molecule has 0 saturated carbocycles. The zero-order valence-electron chi connectivity index (χ0n) is 20.6. The van der Waals surface area contributed by atoms with Gasteiger partial charge in [-0.3, -0.25) is 9.89 Å². The summed E-state index contributed by atoms with van der Waals surface area (Å²) in [5, 5.41) is 16.0. The zero-order valence-corrected chi connectivity index (χ0v) is 20.6. The molecule has 0 bridgehead atoms. The van der Waals surface area contributed by atoms with Gasteiger partial charge in [-0.25, -0.2) is 4.98 Å². The van der Waals surface area contributed by atoms with E-state index >= 15 is 0 Å². The lowest BCUT2D eigenvalue weighted by molar-refractivity contribution is 0.471. The predicted molar refractivity (Wildman–Crippen MR) is 134 cm³/mol. The number of aromatic amines is 1. The molecule has 1 aromatic carbocycles. The number of hydrogen-bond acceptors (Lipinski definition) is 5. The first-order valence-electron chi connectivity index (χ1n) is 11.5.